The summed E-state index contributed by atoms with van der Waals surface area (Å²) in [6.45, 7) is 10.9. The summed E-state index contributed by atoms with van der Waals surface area (Å²) >= 11 is 0. The van der Waals surface area contributed by atoms with E-state index in [1.54, 1.807) is 10.8 Å². The van der Waals surface area contributed by atoms with E-state index in [9.17, 15) is 0 Å². The first-order valence-corrected chi connectivity index (χ1v) is 5.89. The molecule has 0 amide bonds. The highest BCUT2D eigenvalue weighted by Gasteiger charge is 2.21. The molecule has 0 aromatic carbocycles. The molecule has 0 saturated heterocycles. The minimum absolute atomic E-state index is 0.0159. The van der Waals surface area contributed by atoms with Gasteiger partial charge in [0.2, 0.25) is 0 Å². The summed E-state index contributed by atoms with van der Waals surface area (Å²) in [5, 5.41) is 8.96. The van der Waals surface area contributed by atoms with Gasteiger partial charge in [0.05, 0.1) is 6.61 Å². The zero-order chi connectivity index (χ0) is 9.12. The van der Waals surface area contributed by atoms with E-state index in [0.29, 0.717) is 0 Å². The fraction of sp³-hybridized carbons (Fsp3) is 1.00. The molecule has 0 unspecified atom stereocenters. The molecule has 68 valence electrons. The van der Waals surface area contributed by atoms with Crippen LogP contribution in [0.5, 0.6) is 0 Å². The highest BCUT2D eigenvalue weighted by Crippen LogP contribution is 2.42. The van der Waals surface area contributed by atoms with Crippen molar-refractivity contribution in [3.05, 3.63) is 0 Å². The smallest absolute Gasteiger partial charge is 0.0581 e. The summed E-state index contributed by atoms with van der Waals surface area (Å²) in [6.07, 6.45) is 0. The van der Waals surface area contributed by atoms with Gasteiger partial charge in [-0.2, -0.15) is 0 Å². The molecule has 0 rings (SSSR count). The van der Waals surface area contributed by atoms with E-state index in [1.807, 2.05) is 10.8 Å². The Morgan fingerprint density at radius 3 is 1.73 bits per heavy atom. The predicted octanol–water partition coefficient (Wildman–Crippen LogP) is 2.94. The molecule has 3 heteroatoms. The van der Waals surface area contributed by atoms with Crippen LogP contribution in [-0.4, -0.2) is 21.2 Å². The van der Waals surface area contributed by atoms with Gasteiger partial charge in [0.1, 0.15) is 0 Å². The first-order chi connectivity index (χ1) is 4.77. The zero-order valence-corrected chi connectivity index (χ0v) is 9.60. The van der Waals surface area contributed by atoms with Crippen LogP contribution >= 0.6 is 21.6 Å². The Hall–Kier alpha value is 0.660. The molecule has 11 heavy (non-hydrogen) atoms. The van der Waals surface area contributed by atoms with Crippen molar-refractivity contribution >= 4 is 21.6 Å². The average molecular weight is 194 g/mol. The van der Waals surface area contributed by atoms with E-state index in [2.05, 4.69) is 34.6 Å². The first kappa shape index (κ1) is 11.7. The second-order valence-corrected chi connectivity index (χ2v) is 7.86. The molecule has 1 nitrogen and oxygen atoms in total. The Morgan fingerprint density at radius 2 is 1.45 bits per heavy atom. The third kappa shape index (κ3) is 7.04. The third-order valence-electron chi connectivity index (χ3n) is 0.898. The molecule has 0 aromatic rings. The summed E-state index contributed by atoms with van der Waals surface area (Å²) in [7, 11) is 3.57. The molecule has 0 aliphatic carbocycles. The second-order valence-electron chi connectivity index (χ2n) is 4.20. The topological polar surface area (TPSA) is 20.2 Å². The van der Waals surface area contributed by atoms with Crippen LogP contribution in [-0.2, 0) is 0 Å². The minimum Gasteiger partial charge on any atom is -0.395 e. The molecule has 0 spiro atoms. The van der Waals surface area contributed by atoms with Crippen molar-refractivity contribution in [2.45, 2.75) is 44.1 Å². The highest BCUT2D eigenvalue weighted by atomic mass is 33.1. The SMILES string of the molecule is CC(C)(C)SSC(C)(C)CO. The normalized spacial score (nSPS) is 13.6. The largest absolute Gasteiger partial charge is 0.395 e. The van der Waals surface area contributed by atoms with Crippen LogP contribution in [0.3, 0.4) is 0 Å². The Balaban J connectivity index is 3.70. The summed E-state index contributed by atoms with van der Waals surface area (Å²) in [5.74, 6) is 0. The van der Waals surface area contributed by atoms with Gasteiger partial charge >= 0.3 is 0 Å². The zero-order valence-electron chi connectivity index (χ0n) is 7.97. The number of hydrogen-bond donors (Lipinski definition) is 1. The molecular formula is C8H18OS2. The van der Waals surface area contributed by atoms with Crippen LogP contribution in [0, 0.1) is 0 Å². The van der Waals surface area contributed by atoms with Crippen LogP contribution in [0.15, 0.2) is 0 Å². The van der Waals surface area contributed by atoms with Crippen LogP contribution < -0.4 is 0 Å². The van der Waals surface area contributed by atoms with Gasteiger partial charge in [0, 0.05) is 9.49 Å². The summed E-state index contributed by atoms with van der Waals surface area (Å²) < 4.78 is 0.259. The van der Waals surface area contributed by atoms with Gasteiger partial charge in [-0.3, -0.25) is 0 Å². The van der Waals surface area contributed by atoms with Gasteiger partial charge in [-0.1, -0.05) is 42.4 Å². The maximum atomic E-state index is 8.96. The molecule has 0 aromatic heterocycles. The molecule has 0 aliphatic rings. The van der Waals surface area contributed by atoms with Gasteiger partial charge in [-0.15, -0.1) is 0 Å². The Kier molecular flexibility index (Phi) is 4.30. The monoisotopic (exact) mass is 194 g/mol. The van der Waals surface area contributed by atoms with Crippen molar-refractivity contribution in [3.63, 3.8) is 0 Å². The molecule has 0 heterocycles. The van der Waals surface area contributed by atoms with Gasteiger partial charge in [-0.05, 0) is 13.8 Å². The van der Waals surface area contributed by atoms with Crippen molar-refractivity contribution in [1.29, 1.82) is 0 Å². The Morgan fingerprint density at radius 1 is 1.00 bits per heavy atom. The molecular weight excluding hydrogens is 176 g/mol. The molecule has 0 fully saturated rings. The number of rotatable bonds is 3. The molecule has 0 atom stereocenters. The second kappa shape index (κ2) is 4.06. The average Bonchev–Trinajstić information content (AvgIpc) is 1.83. The lowest BCUT2D eigenvalue weighted by Crippen LogP contribution is -2.20. The fourth-order valence-corrected chi connectivity index (χ4v) is 2.38. The van der Waals surface area contributed by atoms with E-state index in [-0.39, 0.29) is 16.1 Å². The van der Waals surface area contributed by atoms with E-state index in [0.717, 1.165) is 0 Å². The maximum Gasteiger partial charge on any atom is 0.0581 e. The maximum absolute atomic E-state index is 8.96. The number of aliphatic hydroxyl groups is 1. The lowest BCUT2D eigenvalue weighted by atomic mass is 10.2. The van der Waals surface area contributed by atoms with Crippen LogP contribution in [0.4, 0.5) is 0 Å². The van der Waals surface area contributed by atoms with Crippen LogP contribution in [0.25, 0.3) is 0 Å². The van der Waals surface area contributed by atoms with Gasteiger partial charge in [0.25, 0.3) is 0 Å². The van der Waals surface area contributed by atoms with Crippen molar-refractivity contribution in [3.8, 4) is 0 Å². The minimum atomic E-state index is -0.0159. The molecule has 1 N–H and O–H groups in total. The van der Waals surface area contributed by atoms with Crippen molar-refractivity contribution < 1.29 is 5.11 Å². The highest BCUT2D eigenvalue weighted by molar-refractivity contribution is 8.77. The van der Waals surface area contributed by atoms with Gasteiger partial charge in [0.15, 0.2) is 0 Å². The summed E-state index contributed by atoms with van der Waals surface area (Å²) in [6, 6.07) is 0. The first-order valence-electron chi connectivity index (χ1n) is 3.74. The molecule has 0 saturated carbocycles. The predicted molar refractivity (Wildman–Crippen MR) is 56.1 cm³/mol. The van der Waals surface area contributed by atoms with Crippen molar-refractivity contribution in [2.24, 2.45) is 0 Å². The third-order valence-corrected chi connectivity index (χ3v) is 5.17. The standard InChI is InChI=1S/C8H18OS2/c1-7(2,3)10-11-8(4,5)6-9/h9H,6H2,1-5H3. The van der Waals surface area contributed by atoms with Gasteiger partial charge in [-0.25, -0.2) is 0 Å². The van der Waals surface area contributed by atoms with E-state index in [4.69, 9.17) is 5.11 Å². The van der Waals surface area contributed by atoms with Gasteiger partial charge < -0.3 is 5.11 Å². The van der Waals surface area contributed by atoms with Crippen LogP contribution in [0.2, 0.25) is 0 Å². The van der Waals surface area contributed by atoms with Crippen LogP contribution in [0.1, 0.15) is 34.6 Å². The van der Waals surface area contributed by atoms with E-state index >= 15 is 0 Å². The lowest BCUT2D eigenvalue weighted by molar-refractivity contribution is 0.265. The van der Waals surface area contributed by atoms with Crippen molar-refractivity contribution in [2.75, 3.05) is 6.61 Å². The van der Waals surface area contributed by atoms with E-state index in [1.165, 1.54) is 0 Å². The molecule has 0 bridgehead atoms. The number of aliphatic hydroxyl groups excluding tert-OH is 1. The van der Waals surface area contributed by atoms with E-state index < -0.39 is 0 Å². The fourth-order valence-electron chi connectivity index (χ4n) is 0.264. The summed E-state index contributed by atoms with van der Waals surface area (Å²) in [4.78, 5) is 0. The Labute approximate surface area is 77.7 Å². The molecule has 0 aliphatic heterocycles. The van der Waals surface area contributed by atoms with Crippen molar-refractivity contribution in [1.82, 2.24) is 0 Å². The molecule has 0 radical (unpaired) electrons. The lowest BCUT2D eigenvalue weighted by Gasteiger charge is -2.25. The number of hydrogen-bond acceptors (Lipinski definition) is 3. The quantitative estimate of drug-likeness (QED) is 0.698. The Bertz CT molecular complexity index is 116. The summed E-state index contributed by atoms with van der Waals surface area (Å²) in [5.41, 5.74) is 0.